The summed E-state index contributed by atoms with van der Waals surface area (Å²) in [6.07, 6.45) is 1.58. The van der Waals surface area contributed by atoms with Crippen LogP contribution in [-0.4, -0.2) is 39.0 Å². The van der Waals surface area contributed by atoms with Crippen molar-refractivity contribution >= 4 is 57.2 Å². The summed E-state index contributed by atoms with van der Waals surface area (Å²) in [5.41, 5.74) is 2.56. The third-order valence-corrected chi connectivity index (χ3v) is 4.99. The lowest BCUT2D eigenvalue weighted by Crippen LogP contribution is -2.20. The molecule has 0 aliphatic carbocycles. The Morgan fingerprint density at radius 2 is 2.20 bits per heavy atom. The van der Waals surface area contributed by atoms with E-state index >= 15 is 0 Å². The molecule has 0 amide bonds. The zero-order valence-corrected chi connectivity index (χ0v) is 15.3. The molecule has 0 spiro atoms. The van der Waals surface area contributed by atoms with E-state index in [-0.39, 0.29) is 16.0 Å². The number of hydrogen-bond donors (Lipinski definition) is 4. The second-order valence-electron chi connectivity index (χ2n) is 5.34. The quantitative estimate of drug-likeness (QED) is 0.357. The number of thioether (sulfide) groups is 1. The molecule has 0 fully saturated rings. The minimum Gasteiger partial charge on any atom is -0.313 e. The molecule has 0 unspecified atom stereocenters. The molecule has 0 atom stereocenters. The maximum atomic E-state index is 12.6. The van der Waals surface area contributed by atoms with Crippen LogP contribution in [0.2, 0.25) is 5.15 Å². The highest BCUT2D eigenvalue weighted by Crippen LogP contribution is 2.32. The predicted octanol–water partition coefficient (Wildman–Crippen LogP) is 3.95. The SMILES string of the molecule is N=C(SC(=N)C(F)F)c1nc(Cl)c2c(C3=CCNCC3)cc(S)cn12. The molecule has 0 bridgehead atoms. The van der Waals surface area contributed by atoms with Crippen LogP contribution in [0.4, 0.5) is 8.78 Å². The third-order valence-electron chi connectivity index (χ3n) is 3.70. The van der Waals surface area contributed by atoms with Crippen LogP contribution in [0.25, 0.3) is 11.1 Å². The summed E-state index contributed by atoms with van der Waals surface area (Å²) < 4.78 is 26.7. The van der Waals surface area contributed by atoms with Crippen molar-refractivity contribution in [1.29, 1.82) is 10.8 Å². The molecule has 0 saturated carbocycles. The van der Waals surface area contributed by atoms with Crippen LogP contribution in [0.3, 0.4) is 0 Å². The van der Waals surface area contributed by atoms with Gasteiger partial charge in [-0.3, -0.25) is 15.2 Å². The minimum absolute atomic E-state index is 0.113. The molecule has 2 aromatic rings. The van der Waals surface area contributed by atoms with E-state index < -0.39 is 11.5 Å². The Hall–Kier alpha value is -1.42. The Kier molecular flexibility index (Phi) is 5.47. The van der Waals surface area contributed by atoms with Gasteiger partial charge in [0.2, 0.25) is 0 Å². The number of fused-ring (bicyclic) bond motifs is 1. The summed E-state index contributed by atoms with van der Waals surface area (Å²) in [5.74, 6) is 0.113. The van der Waals surface area contributed by atoms with Gasteiger partial charge < -0.3 is 5.32 Å². The molecule has 132 valence electrons. The van der Waals surface area contributed by atoms with Gasteiger partial charge in [0.1, 0.15) is 10.1 Å². The number of aromatic nitrogens is 2. The minimum atomic E-state index is -2.93. The second-order valence-corrected chi connectivity index (χ2v) is 7.26. The average Bonchev–Trinajstić information content (AvgIpc) is 2.91. The summed E-state index contributed by atoms with van der Waals surface area (Å²) in [7, 11) is 0. The smallest absolute Gasteiger partial charge is 0.285 e. The van der Waals surface area contributed by atoms with Gasteiger partial charge in [-0.25, -0.2) is 13.8 Å². The summed E-state index contributed by atoms with van der Waals surface area (Å²) >= 11 is 11.1. The first kappa shape index (κ1) is 18.4. The van der Waals surface area contributed by atoms with Crippen molar-refractivity contribution in [3.63, 3.8) is 0 Å². The van der Waals surface area contributed by atoms with Crippen LogP contribution in [-0.2, 0) is 0 Å². The van der Waals surface area contributed by atoms with Gasteiger partial charge in [-0.2, -0.15) is 0 Å². The van der Waals surface area contributed by atoms with E-state index in [1.54, 1.807) is 10.6 Å². The molecule has 0 radical (unpaired) electrons. The Bertz CT molecular complexity index is 894. The zero-order valence-electron chi connectivity index (χ0n) is 12.8. The Morgan fingerprint density at radius 3 is 2.84 bits per heavy atom. The summed E-state index contributed by atoms with van der Waals surface area (Å²) in [6.45, 7) is 1.58. The van der Waals surface area contributed by atoms with E-state index in [1.807, 2.05) is 6.07 Å². The maximum Gasteiger partial charge on any atom is 0.285 e. The molecule has 0 aromatic carbocycles. The lowest BCUT2D eigenvalue weighted by Gasteiger charge is -2.16. The van der Waals surface area contributed by atoms with Crippen molar-refractivity contribution in [3.8, 4) is 0 Å². The van der Waals surface area contributed by atoms with Crippen molar-refractivity contribution in [3.05, 3.63) is 34.9 Å². The monoisotopic (exact) mass is 401 g/mol. The molecule has 3 N–H and O–H groups in total. The van der Waals surface area contributed by atoms with Gasteiger partial charge in [-0.15, -0.1) is 12.6 Å². The first-order chi connectivity index (χ1) is 11.9. The number of nitrogens with one attached hydrogen (secondary N) is 3. The average molecular weight is 402 g/mol. The predicted molar refractivity (Wildman–Crippen MR) is 101 cm³/mol. The topological polar surface area (TPSA) is 77.0 Å². The highest BCUT2D eigenvalue weighted by molar-refractivity contribution is 8.26. The summed E-state index contributed by atoms with van der Waals surface area (Å²) in [4.78, 5) is 4.80. The van der Waals surface area contributed by atoms with Crippen LogP contribution >= 0.6 is 36.0 Å². The number of thiol groups is 1. The van der Waals surface area contributed by atoms with Crippen LogP contribution in [0.1, 0.15) is 17.8 Å². The highest BCUT2D eigenvalue weighted by atomic mass is 35.5. The fourth-order valence-corrected chi connectivity index (χ4v) is 3.69. The van der Waals surface area contributed by atoms with Gasteiger partial charge in [-0.05, 0) is 36.4 Å². The van der Waals surface area contributed by atoms with Gasteiger partial charge in [-0.1, -0.05) is 17.7 Å². The van der Waals surface area contributed by atoms with Crippen LogP contribution < -0.4 is 5.32 Å². The maximum absolute atomic E-state index is 12.6. The molecule has 3 heterocycles. The summed E-state index contributed by atoms with van der Waals surface area (Å²) in [5, 5.41) is 17.5. The van der Waals surface area contributed by atoms with Crippen molar-refractivity contribution in [2.75, 3.05) is 13.1 Å². The fourth-order valence-electron chi connectivity index (χ4n) is 2.63. The second kappa shape index (κ2) is 7.45. The Labute approximate surface area is 157 Å². The van der Waals surface area contributed by atoms with Gasteiger partial charge in [0.15, 0.2) is 11.0 Å². The van der Waals surface area contributed by atoms with Gasteiger partial charge in [0, 0.05) is 23.2 Å². The molecular weight excluding hydrogens is 388 g/mol. The van der Waals surface area contributed by atoms with E-state index in [4.69, 9.17) is 22.4 Å². The van der Waals surface area contributed by atoms with Gasteiger partial charge >= 0.3 is 0 Å². The van der Waals surface area contributed by atoms with E-state index in [0.29, 0.717) is 22.2 Å². The molecule has 2 aromatic heterocycles. The lowest BCUT2D eigenvalue weighted by atomic mass is 10.0. The molecule has 10 heteroatoms. The van der Waals surface area contributed by atoms with Crippen LogP contribution in [0, 0.1) is 10.8 Å². The fraction of sp³-hybridized carbons (Fsp3) is 0.267. The van der Waals surface area contributed by atoms with E-state index in [2.05, 4.69) is 29.0 Å². The van der Waals surface area contributed by atoms with E-state index in [0.717, 1.165) is 30.6 Å². The van der Waals surface area contributed by atoms with Gasteiger partial charge in [0.25, 0.3) is 6.43 Å². The number of alkyl halides is 2. The van der Waals surface area contributed by atoms with Crippen molar-refractivity contribution in [2.45, 2.75) is 17.7 Å². The molecule has 1 aliphatic rings. The van der Waals surface area contributed by atoms with E-state index in [1.165, 1.54) is 0 Å². The third kappa shape index (κ3) is 3.74. The van der Waals surface area contributed by atoms with Crippen molar-refractivity contribution in [1.82, 2.24) is 14.7 Å². The number of pyridine rings is 1. The van der Waals surface area contributed by atoms with Crippen molar-refractivity contribution in [2.24, 2.45) is 0 Å². The Balaban J connectivity index is 2.11. The number of imidazole rings is 1. The number of rotatable bonds is 3. The zero-order chi connectivity index (χ0) is 18.1. The molecule has 1 aliphatic heterocycles. The molecule has 0 saturated heterocycles. The number of nitrogens with zero attached hydrogens (tertiary/aromatic N) is 2. The Morgan fingerprint density at radius 1 is 1.44 bits per heavy atom. The first-order valence-electron chi connectivity index (χ1n) is 7.32. The molecular formula is C15H14ClF2N5S2. The molecule has 5 nitrogen and oxygen atoms in total. The molecule has 25 heavy (non-hydrogen) atoms. The summed E-state index contributed by atoms with van der Waals surface area (Å²) in [6, 6.07) is 1.88. The van der Waals surface area contributed by atoms with Crippen LogP contribution in [0.15, 0.2) is 23.2 Å². The standard InChI is InChI=1S/C15H14ClF2N5S2/c16-11-10-9(7-1-3-21-4-2-7)5-8(24)6-23(10)15(22-11)14(20)25-13(19)12(17)18/h1,5-6,12,19-21,24H,2-4H2. The van der Waals surface area contributed by atoms with Crippen LogP contribution in [0.5, 0.6) is 0 Å². The van der Waals surface area contributed by atoms with E-state index in [9.17, 15) is 8.78 Å². The highest BCUT2D eigenvalue weighted by Gasteiger charge is 2.22. The largest absolute Gasteiger partial charge is 0.313 e. The van der Waals surface area contributed by atoms with Crippen molar-refractivity contribution < 1.29 is 8.78 Å². The number of halogens is 3. The lowest BCUT2D eigenvalue weighted by molar-refractivity contribution is 0.228. The number of hydrogen-bond acceptors (Lipinski definition) is 6. The first-order valence-corrected chi connectivity index (χ1v) is 8.96. The normalized spacial score (nSPS) is 14.8. The van der Waals surface area contributed by atoms with Gasteiger partial charge in [0.05, 0.1) is 5.52 Å². The molecule has 3 rings (SSSR count).